The van der Waals surface area contributed by atoms with Gasteiger partial charge in [0.15, 0.2) is 0 Å². The average molecular weight is 468 g/mol. The molecule has 7 heteroatoms. The van der Waals surface area contributed by atoms with Crippen LogP contribution in [-0.2, 0) is 10.5 Å². The number of aryl methyl sites for hydroxylation is 1. The molecule has 0 saturated carbocycles. The van der Waals surface area contributed by atoms with E-state index in [1.165, 1.54) is 5.56 Å². The second-order valence-electron chi connectivity index (χ2n) is 8.23. The molecule has 4 aromatic rings. The second kappa shape index (κ2) is 9.57. The number of nitrogens with one attached hydrogen (secondary N) is 2. The zero-order chi connectivity index (χ0) is 23.5. The van der Waals surface area contributed by atoms with Crippen molar-refractivity contribution in [2.45, 2.75) is 30.8 Å². The van der Waals surface area contributed by atoms with Crippen molar-refractivity contribution in [1.82, 2.24) is 14.8 Å². The smallest absolute Gasteiger partial charge is 0.255 e. The minimum Gasteiger partial charge on any atom is -0.328 e. The van der Waals surface area contributed by atoms with Gasteiger partial charge in [-0.3, -0.25) is 4.79 Å². The predicted octanol–water partition coefficient (Wildman–Crippen LogP) is 5.81. The number of allylic oxidation sites excluding steroid dienone is 1. The minimum atomic E-state index is -0.390. The molecule has 0 saturated heterocycles. The van der Waals surface area contributed by atoms with Crippen molar-refractivity contribution < 1.29 is 4.79 Å². The Kier molecular flexibility index (Phi) is 6.18. The Morgan fingerprint density at radius 1 is 0.971 bits per heavy atom. The predicted molar refractivity (Wildman–Crippen MR) is 137 cm³/mol. The summed E-state index contributed by atoms with van der Waals surface area (Å²) in [6.07, 6.45) is 0. The fourth-order valence-corrected chi connectivity index (χ4v) is 4.77. The molecule has 1 atom stereocenters. The lowest BCUT2D eigenvalue weighted by Crippen LogP contribution is -2.31. The summed E-state index contributed by atoms with van der Waals surface area (Å²) >= 11 is 1.58. The maximum Gasteiger partial charge on any atom is 0.255 e. The zero-order valence-corrected chi connectivity index (χ0v) is 19.8. The monoisotopic (exact) mass is 467 g/mol. The molecule has 0 radical (unpaired) electrons. The number of aromatic nitrogens is 3. The molecule has 0 aliphatic carbocycles. The molecule has 2 heterocycles. The van der Waals surface area contributed by atoms with E-state index in [0.29, 0.717) is 16.7 Å². The van der Waals surface area contributed by atoms with Crippen molar-refractivity contribution in [3.8, 4) is 0 Å². The Hall–Kier alpha value is -3.84. The number of hydrogen-bond donors (Lipinski definition) is 2. The lowest BCUT2D eigenvalue weighted by molar-refractivity contribution is -0.113. The standard InChI is InChI=1S/C27H25N5OS/c1-18-13-15-21(16-14-18)24-23(25(33)29-22-11-7-4-8-12-22)19(2)28-26-30-27(31-32(24)26)34-17-20-9-5-3-6-10-20/h3-16,24H,17H2,1-2H3,(H,29,33)(H,28,30,31)/t24-/m0/s1. The van der Waals surface area contributed by atoms with E-state index in [1.807, 2.05) is 60.1 Å². The first kappa shape index (κ1) is 22.0. The summed E-state index contributed by atoms with van der Waals surface area (Å²) in [7, 11) is 0. The van der Waals surface area contributed by atoms with E-state index >= 15 is 0 Å². The highest BCUT2D eigenvalue weighted by atomic mass is 32.2. The van der Waals surface area contributed by atoms with Gasteiger partial charge in [-0.2, -0.15) is 4.98 Å². The molecule has 170 valence electrons. The fraction of sp³-hybridized carbons (Fsp3) is 0.148. The molecule has 0 unspecified atom stereocenters. The molecule has 0 spiro atoms. The number of carbonyl (C=O) groups is 1. The molecule has 1 aromatic heterocycles. The molecule has 6 nitrogen and oxygen atoms in total. The summed E-state index contributed by atoms with van der Waals surface area (Å²) < 4.78 is 1.82. The summed E-state index contributed by atoms with van der Waals surface area (Å²) in [5, 5.41) is 11.8. The Morgan fingerprint density at radius 3 is 2.35 bits per heavy atom. The van der Waals surface area contributed by atoms with Crippen LogP contribution in [0.15, 0.2) is 101 Å². The number of thioether (sulfide) groups is 1. The van der Waals surface area contributed by atoms with Crippen LogP contribution in [-0.4, -0.2) is 20.7 Å². The van der Waals surface area contributed by atoms with Crippen LogP contribution in [0.2, 0.25) is 0 Å². The molecule has 2 N–H and O–H groups in total. The van der Waals surface area contributed by atoms with Gasteiger partial charge in [-0.25, -0.2) is 4.68 Å². The van der Waals surface area contributed by atoms with Gasteiger partial charge in [-0.05, 0) is 37.1 Å². The van der Waals surface area contributed by atoms with Gasteiger partial charge in [-0.1, -0.05) is 90.1 Å². The van der Waals surface area contributed by atoms with Gasteiger partial charge in [0.2, 0.25) is 11.1 Å². The molecule has 1 amide bonds. The normalized spacial score (nSPS) is 14.9. The van der Waals surface area contributed by atoms with Gasteiger partial charge in [0, 0.05) is 17.1 Å². The third-order valence-corrected chi connectivity index (χ3v) is 6.62. The van der Waals surface area contributed by atoms with E-state index in [1.54, 1.807) is 11.8 Å². The van der Waals surface area contributed by atoms with Crippen molar-refractivity contribution in [2.24, 2.45) is 0 Å². The van der Waals surface area contributed by atoms with E-state index in [0.717, 1.165) is 28.3 Å². The average Bonchev–Trinajstić information content (AvgIpc) is 3.26. The van der Waals surface area contributed by atoms with Crippen molar-refractivity contribution in [2.75, 3.05) is 10.6 Å². The molecule has 5 rings (SSSR count). The zero-order valence-electron chi connectivity index (χ0n) is 19.0. The first-order valence-corrected chi connectivity index (χ1v) is 12.1. The molecule has 34 heavy (non-hydrogen) atoms. The van der Waals surface area contributed by atoms with Crippen LogP contribution in [0, 0.1) is 6.92 Å². The largest absolute Gasteiger partial charge is 0.328 e. The Morgan fingerprint density at radius 2 is 1.65 bits per heavy atom. The molecular weight excluding hydrogens is 442 g/mol. The third-order valence-electron chi connectivity index (χ3n) is 5.71. The van der Waals surface area contributed by atoms with E-state index in [2.05, 4.69) is 54.0 Å². The fourth-order valence-electron chi connectivity index (χ4n) is 3.99. The van der Waals surface area contributed by atoms with Gasteiger partial charge in [0.25, 0.3) is 5.91 Å². The number of amides is 1. The number of rotatable bonds is 6. The number of anilines is 2. The topological polar surface area (TPSA) is 71.8 Å². The van der Waals surface area contributed by atoms with Crippen molar-refractivity contribution in [1.29, 1.82) is 0 Å². The second-order valence-corrected chi connectivity index (χ2v) is 9.18. The first-order chi connectivity index (χ1) is 16.6. The highest BCUT2D eigenvalue weighted by molar-refractivity contribution is 7.98. The van der Waals surface area contributed by atoms with Crippen molar-refractivity contribution in [3.63, 3.8) is 0 Å². The third kappa shape index (κ3) is 4.61. The van der Waals surface area contributed by atoms with Gasteiger partial charge >= 0.3 is 0 Å². The van der Waals surface area contributed by atoms with Gasteiger partial charge in [-0.15, -0.1) is 5.10 Å². The summed E-state index contributed by atoms with van der Waals surface area (Å²) in [5.74, 6) is 1.24. The van der Waals surface area contributed by atoms with Crippen molar-refractivity contribution in [3.05, 3.63) is 113 Å². The lowest BCUT2D eigenvalue weighted by Gasteiger charge is -2.28. The Balaban J connectivity index is 1.49. The number of hydrogen-bond acceptors (Lipinski definition) is 5. The van der Waals surface area contributed by atoms with Crippen LogP contribution in [0.4, 0.5) is 11.6 Å². The number of nitrogens with zero attached hydrogens (tertiary/aromatic N) is 3. The van der Waals surface area contributed by atoms with Gasteiger partial charge in [0.05, 0.1) is 5.57 Å². The van der Waals surface area contributed by atoms with E-state index in [9.17, 15) is 4.79 Å². The Labute approximate surface area is 203 Å². The molecule has 0 bridgehead atoms. The van der Waals surface area contributed by atoms with Crippen LogP contribution in [0.25, 0.3) is 0 Å². The summed E-state index contributed by atoms with van der Waals surface area (Å²) in [5.41, 5.74) is 5.48. The van der Waals surface area contributed by atoms with Crippen LogP contribution >= 0.6 is 11.8 Å². The Bertz CT molecular complexity index is 1330. The summed E-state index contributed by atoms with van der Waals surface area (Å²) in [6, 6.07) is 27.6. The van der Waals surface area contributed by atoms with E-state index in [-0.39, 0.29) is 11.9 Å². The van der Waals surface area contributed by atoms with Crippen LogP contribution < -0.4 is 10.6 Å². The number of para-hydroxylation sites is 1. The van der Waals surface area contributed by atoms with Crippen molar-refractivity contribution >= 4 is 29.3 Å². The van der Waals surface area contributed by atoms with E-state index < -0.39 is 0 Å². The minimum absolute atomic E-state index is 0.165. The maximum absolute atomic E-state index is 13.5. The first-order valence-electron chi connectivity index (χ1n) is 11.1. The highest BCUT2D eigenvalue weighted by Crippen LogP contribution is 2.37. The summed E-state index contributed by atoms with van der Waals surface area (Å²) in [4.78, 5) is 18.2. The van der Waals surface area contributed by atoms with Crippen LogP contribution in [0.1, 0.15) is 29.7 Å². The molecule has 3 aromatic carbocycles. The molecular formula is C27H25N5OS. The lowest BCUT2D eigenvalue weighted by atomic mass is 9.94. The maximum atomic E-state index is 13.5. The van der Waals surface area contributed by atoms with Gasteiger partial charge in [0.1, 0.15) is 6.04 Å². The van der Waals surface area contributed by atoms with E-state index in [4.69, 9.17) is 10.1 Å². The molecule has 1 aliphatic rings. The molecule has 1 aliphatic heterocycles. The molecule has 0 fully saturated rings. The number of benzene rings is 3. The number of fused-ring (bicyclic) bond motifs is 1. The van der Waals surface area contributed by atoms with Crippen LogP contribution in [0.5, 0.6) is 0 Å². The van der Waals surface area contributed by atoms with Gasteiger partial charge < -0.3 is 10.6 Å². The SMILES string of the molecule is CC1=C(C(=O)Nc2ccccc2)[C@H](c2ccc(C)cc2)n2nc(SCc3ccccc3)nc2N1. The highest BCUT2D eigenvalue weighted by Gasteiger charge is 2.34. The number of carbonyl (C=O) groups excluding carboxylic acids is 1. The van der Waals surface area contributed by atoms with Crippen LogP contribution in [0.3, 0.4) is 0 Å². The quantitative estimate of drug-likeness (QED) is 0.350. The summed E-state index contributed by atoms with van der Waals surface area (Å²) in [6.45, 7) is 3.96.